The molecular formula is C26H25ClN2O3. The standard InChI is InChI=1S/C26H25ClN2O3/c27-21-12-10-20(11-13-21)25(19-6-2-1-3-7-19)28-14-16-29(17-15-28)26(30)24-18-31-22-8-4-5-9-23(22)32-24/h1-13,24-25H,14-18H2/t24-,25+/m1/s1. The molecule has 0 saturated carbocycles. The molecule has 0 radical (unpaired) electrons. The van der Waals surface area contributed by atoms with Crippen LogP contribution in [-0.4, -0.2) is 54.6 Å². The van der Waals surface area contributed by atoms with Gasteiger partial charge in [-0.15, -0.1) is 0 Å². The Balaban J connectivity index is 1.28. The van der Waals surface area contributed by atoms with Crippen LogP contribution < -0.4 is 9.47 Å². The van der Waals surface area contributed by atoms with E-state index in [9.17, 15) is 4.79 Å². The summed E-state index contributed by atoms with van der Waals surface area (Å²) in [6.07, 6.45) is -0.599. The Morgan fingerprint density at radius 1 is 0.812 bits per heavy atom. The maximum Gasteiger partial charge on any atom is 0.267 e. The van der Waals surface area contributed by atoms with Crippen molar-refractivity contribution in [3.05, 3.63) is 95.0 Å². The molecule has 32 heavy (non-hydrogen) atoms. The molecule has 2 aliphatic heterocycles. The Labute approximate surface area is 193 Å². The van der Waals surface area contributed by atoms with Crippen molar-refractivity contribution in [2.75, 3.05) is 32.8 Å². The first-order valence-electron chi connectivity index (χ1n) is 10.9. The van der Waals surface area contributed by atoms with Gasteiger partial charge in [-0.05, 0) is 35.4 Å². The molecule has 5 nitrogen and oxygen atoms in total. The molecule has 6 heteroatoms. The third kappa shape index (κ3) is 4.31. The number of ether oxygens (including phenoxy) is 2. The number of hydrogen-bond donors (Lipinski definition) is 0. The van der Waals surface area contributed by atoms with Crippen LogP contribution in [0.2, 0.25) is 5.02 Å². The Kier molecular flexibility index (Phi) is 6.02. The lowest BCUT2D eigenvalue weighted by atomic mass is 9.96. The van der Waals surface area contributed by atoms with Gasteiger partial charge in [0, 0.05) is 31.2 Å². The molecule has 2 aliphatic rings. The summed E-state index contributed by atoms with van der Waals surface area (Å²) in [5.74, 6) is 1.31. The summed E-state index contributed by atoms with van der Waals surface area (Å²) in [5.41, 5.74) is 2.43. The molecule has 0 aliphatic carbocycles. The first-order valence-corrected chi connectivity index (χ1v) is 11.3. The summed E-state index contributed by atoms with van der Waals surface area (Å²) in [6.45, 7) is 3.10. The van der Waals surface area contributed by atoms with Gasteiger partial charge < -0.3 is 14.4 Å². The van der Waals surface area contributed by atoms with Gasteiger partial charge in [-0.2, -0.15) is 0 Å². The number of benzene rings is 3. The molecule has 0 spiro atoms. The van der Waals surface area contributed by atoms with Crippen molar-refractivity contribution in [2.45, 2.75) is 12.1 Å². The maximum atomic E-state index is 13.1. The number of piperazine rings is 1. The van der Waals surface area contributed by atoms with E-state index in [2.05, 4.69) is 41.3 Å². The quantitative estimate of drug-likeness (QED) is 0.592. The van der Waals surface area contributed by atoms with Crippen molar-refractivity contribution in [1.82, 2.24) is 9.80 Å². The van der Waals surface area contributed by atoms with Gasteiger partial charge in [0.15, 0.2) is 11.5 Å². The van der Waals surface area contributed by atoms with Crippen LogP contribution in [0.1, 0.15) is 17.2 Å². The topological polar surface area (TPSA) is 42.0 Å². The minimum atomic E-state index is -0.599. The van der Waals surface area contributed by atoms with E-state index in [1.165, 1.54) is 11.1 Å². The fraction of sp³-hybridized carbons (Fsp3) is 0.269. The zero-order chi connectivity index (χ0) is 21.9. The molecule has 1 saturated heterocycles. The summed E-state index contributed by atoms with van der Waals surface area (Å²) in [5, 5.41) is 0.729. The molecule has 1 fully saturated rings. The van der Waals surface area contributed by atoms with E-state index >= 15 is 0 Å². The van der Waals surface area contributed by atoms with Gasteiger partial charge in [0.2, 0.25) is 6.10 Å². The highest BCUT2D eigenvalue weighted by Crippen LogP contribution is 2.33. The van der Waals surface area contributed by atoms with Crippen molar-refractivity contribution in [3.8, 4) is 11.5 Å². The molecule has 2 heterocycles. The molecule has 1 amide bonds. The lowest BCUT2D eigenvalue weighted by Gasteiger charge is -2.41. The van der Waals surface area contributed by atoms with E-state index in [-0.39, 0.29) is 18.6 Å². The first kappa shape index (κ1) is 20.9. The number of para-hydroxylation sites is 2. The fourth-order valence-electron chi connectivity index (χ4n) is 4.44. The van der Waals surface area contributed by atoms with Gasteiger partial charge in [0.05, 0.1) is 6.04 Å². The van der Waals surface area contributed by atoms with Gasteiger partial charge in [-0.25, -0.2) is 0 Å². The van der Waals surface area contributed by atoms with Crippen molar-refractivity contribution in [1.29, 1.82) is 0 Å². The number of halogens is 1. The maximum absolute atomic E-state index is 13.1. The number of nitrogens with zero attached hydrogens (tertiary/aromatic N) is 2. The Morgan fingerprint density at radius 2 is 1.44 bits per heavy atom. The van der Waals surface area contributed by atoms with Crippen LogP contribution in [0.15, 0.2) is 78.9 Å². The van der Waals surface area contributed by atoms with Crippen LogP contribution in [0.4, 0.5) is 0 Å². The fourth-order valence-corrected chi connectivity index (χ4v) is 4.57. The van der Waals surface area contributed by atoms with Crippen molar-refractivity contribution >= 4 is 17.5 Å². The van der Waals surface area contributed by atoms with Crippen molar-refractivity contribution in [3.63, 3.8) is 0 Å². The van der Waals surface area contributed by atoms with Crippen LogP contribution in [-0.2, 0) is 4.79 Å². The Bertz CT molecular complexity index is 1070. The highest BCUT2D eigenvalue weighted by Gasteiger charge is 2.34. The van der Waals surface area contributed by atoms with E-state index in [1.54, 1.807) is 0 Å². The molecule has 0 bridgehead atoms. The number of carbonyl (C=O) groups is 1. The number of hydrogen-bond acceptors (Lipinski definition) is 4. The van der Waals surface area contributed by atoms with Crippen LogP contribution in [0.5, 0.6) is 11.5 Å². The highest BCUT2D eigenvalue weighted by atomic mass is 35.5. The molecule has 2 atom stereocenters. The Morgan fingerprint density at radius 3 is 2.16 bits per heavy atom. The molecule has 3 aromatic carbocycles. The monoisotopic (exact) mass is 448 g/mol. The SMILES string of the molecule is O=C([C@H]1COc2ccccc2O1)N1CCN([C@@H](c2ccccc2)c2ccc(Cl)cc2)CC1. The van der Waals surface area contributed by atoms with Crippen LogP contribution in [0, 0.1) is 0 Å². The van der Waals surface area contributed by atoms with Crippen LogP contribution in [0.3, 0.4) is 0 Å². The number of rotatable bonds is 4. The van der Waals surface area contributed by atoms with Crippen LogP contribution >= 0.6 is 11.6 Å². The summed E-state index contributed by atoms with van der Waals surface area (Å²) in [7, 11) is 0. The third-order valence-corrected chi connectivity index (χ3v) is 6.33. The van der Waals surface area contributed by atoms with Gasteiger partial charge in [0.25, 0.3) is 5.91 Å². The van der Waals surface area contributed by atoms with Gasteiger partial charge in [-0.3, -0.25) is 9.69 Å². The molecule has 0 N–H and O–H groups in total. The summed E-state index contributed by atoms with van der Waals surface area (Å²) in [6, 6.07) is 26.1. The number of carbonyl (C=O) groups excluding carboxylic acids is 1. The first-order chi connectivity index (χ1) is 15.7. The zero-order valence-electron chi connectivity index (χ0n) is 17.7. The predicted molar refractivity (Wildman–Crippen MR) is 124 cm³/mol. The zero-order valence-corrected chi connectivity index (χ0v) is 18.4. The summed E-state index contributed by atoms with van der Waals surface area (Å²) in [4.78, 5) is 17.4. The van der Waals surface area contributed by atoms with Crippen molar-refractivity contribution < 1.29 is 14.3 Å². The second-order valence-corrected chi connectivity index (χ2v) is 8.53. The van der Waals surface area contributed by atoms with Gasteiger partial charge in [0.1, 0.15) is 6.61 Å². The molecule has 5 rings (SSSR count). The lowest BCUT2D eigenvalue weighted by Crippen LogP contribution is -2.54. The van der Waals surface area contributed by atoms with Gasteiger partial charge >= 0.3 is 0 Å². The van der Waals surface area contributed by atoms with Crippen LogP contribution in [0.25, 0.3) is 0 Å². The van der Waals surface area contributed by atoms with E-state index in [1.807, 2.05) is 47.4 Å². The number of fused-ring (bicyclic) bond motifs is 1. The smallest absolute Gasteiger partial charge is 0.267 e. The normalized spacial score (nSPS) is 19.4. The predicted octanol–water partition coefficient (Wildman–Crippen LogP) is 4.41. The minimum Gasteiger partial charge on any atom is -0.485 e. The largest absolute Gasteiger partial charge is 0.485 e. The second-order valence-electron chi connectivity index (χ2n) is 8.09. The highest BCUT2D eigenvalue weighted by molar-refractivity contribution is 6.30. The molecular weight excluding hydrogens is 424 g/mol. The summed E-state index contributed by atoms with van der Waals surface area (Å²) >= 11 is 6.13. The minimum absolute atomic E-state index is 0.0121. The molecule has 164 valence electrons. The second kappa shape index (κ2) is 9.23. The average Bonchev–Trinajstić information content (AvgIpc) is 2.86. The lowest BCUT2D eigenvalue weighted by molar-refractivity contribution is -0.143. The molecule has 3 aromatic rings. The summed E-state index contributed by atoms with van der Waals surface area (Å²) < 4.78 is 11.7. The average molecular weight is 449 g/mol. The van der Waals surface area contributed by atoms with E-state index in [4.69, 9.17) is 21.1 Å². The number of amides is 1. The Hall–Kier alpha value is -3.02. The van der Waals surface area contributed by atoms with E-state index < -0.39 is 6.10 Å². The van der Waals surface area contributed by atoms with E-state index in [0.29, 0.717) is 24.6 Å². The van der Waals surface area contributed by atoms with Gasteiger partial charge in [-0.1, -0.05) is 66.2 Å². The third-order valence-electron chi connectivity index (χ3n) is 6.08. The molecule has 0 unspecified atom stereocenters. The van der Waals surface area contributed by atoms with Crippen molar-refractivity contribution in [2.24, 2.45) is 0 Å². The molecule has 0 aromatic heterocycles. The van der Waals surface area contributed by atoms with E-state index in [0.717, 1.165) is 18.1 Å².